The maximum Gasteiger partial charge on any atom is 0.340 e. The average Bonchev–Trinajstić information content (AvgIpc) is 3.17. The molecule has 0 fully saturated rings. The number of rotatable bonds is 5. The van der Waals surface area contributed by atoms with Crippen molar-refractivity contribution >= 4 is 34.6 Å². The van der Waals surface area contributed by atoms with Crippen molar-refractivity contribution in [1.29, 1.82) is 0 Å². The summed E-state index contributed by atoms with van der Waals surface area (Å²) < 4.78 is 4.82. The second-order valence-corrected chi connectivity index (χ2v) is 6.30. The normalized spacial score (nSPS) is 11.2. The van der Waals surface area contributed by atoms with Crippen LogP contribution in [0.2, 0.25) is 0 Å². The molecule has 0 bridgehead atoms. The number of carbonyl (C=O) groups excluding carboxylic acids is 1. The van der Waals surface area contributed by atoms with Crippen LogP contribution in [0.4, 0.5) is 5.69 Å². The Morgan fingerprint density at radius 3 is 2.63 bits per heavy atom. The summed E-state index contributed by atoms with van der Waals surface area (Å²) >= 11 is 1.25. The Bertz CT molecular complexity index is 1030. The predicted octanol–water partition coefficient (Wildman–Crippen LogP) is 3.51. The van der Waals surface area contributed by atoms with E-state index in [-0.39, 0.29) is 5.57 Å². The van der Waals surface area contributed by atoms with Crippen molar-refractivity contribution in [3.05, 3.63) is 74.6 Å². The molecule has 0 spiro atoms. The third-order valence-corrected chi connectivity index (χ3v) is 4.58. The molecule has 2 aromatic carbocycles. The van der Waals surface area contributed by atoms with Gasteiger partial charge in [0.15, 0.2) is 0 Å². The number of hydrogen-bond acceptors (Lipinski definition) is 7. The molecule has 0 aliphatic heterocycles. The number of benzene rings is 2. The molecule has 27 heavy (non-hydrogen) atoms. The zero-order valence-electron chi connectivity index (χ0n) is 14.1. The summed E-state index contributed by atoms with van der Waals surface area (Å²) in [5, 5.41) is 24.7. The second-order valence-electron chi connectivity index (χ2n) is 5.44. The van der Waals surface area contributed by atoms with E-state index in [1.807, 2.05) is 35.7 Å². The number of thiazole rings is 1. The molecule has 1 heterocycles. The maximum absolute atomic E-state index is 12.2. The minimum atomic E-state index is -0.756. The number of methoxy groups -OCH3 is 1. The highest BCUT2D eigenvalue weighted by atomic mass is 32.1. The number of esters is 1. The predicted molar refractivity (Wildman–Crippen MR) is 100.0 cm³/mol. The fourth-order valence-electron chi connectivity index (χ4n) is 2.39. The second kappa shape index (κ2) is 7.79. The number of carbonyl (C=O) groups is 1. The van der Waals surface area contributed by atoms with E-state index >= 15 is 0 Å². The Morgan fingerprint density at radius 1 is 1.22 bits per heavy atom. The van der Waals surface area contributed by atoms with Crippen LogP contribution in [0.5, 0.6) is 5.75 Å². The van der Waals surface area contributed by atoms with E-state index in [1.54, 1.807) is 0 Å². The van der Waals surface area contributed by atoms with E-state index in [0.29, 0.717) is 16.3 Å². The number of hydrogen-bond donors (Lipinski definition) is 0. The lowest BCUT2D eigenvalue weighted by Gasteiger charge is -2.07. The number of aromatic nitrogens is 1. The molecule has 3 aromatic rings. The van der Waals surface area contributed by atoms with Crippen LogP contribution >= 0.6 is 11.3 Å². The molecule has 1 aromatic heterocycles. The fourth-order valence-corrected chi connectivity index (χ4v) is 3.22. The average molecular weight is 381 g/mol. The zero-order chi connectivity index (χ0) is 19.4. The van der Waals surface area contributed by atoms with Crippen LogP contribution in [0.15, 0.2) is 53.9 Å². The first-order valence-corrected chi connectivity index (χ1v) is 8.64. The molecule has 0 saturated carbocycles. The highest BCUT2D eigenvalue weighted by molar-refractivity contribution is 7.11. The Balaban J connectivity index is 2.04. The molecule has 0 amide bonds. The van der Waals surface area contributed by atoms with Crippen molar-refractivity contribution in [2.45, 2.75) is 0 Å². The molecule has 3 rings (SSSR count). The van der Waals surface area contributed by atoms with Crippen molar-refractivity contribution in [3.8, 4) is 17.0 Å². The van der Waals surface area contributed by atoms with Crippen molar-refractivity contribution in [3.63, 3.8) is 0 Å². The van der Waals surface area contributed by atoms with Crippen molar-refractivity contribution in [2.24, 2.45) is 0 Å². The van der Waals surface area contributed by atoms with Gasteiger partial charge in [-0.25, -0.2) is 9.78 Å². The van der Waals surface area contributed by atoms with Crippen LogP contribution in [-0.4, -0.2) is 23.0 Å². The molecule has 0 aliphatic rings. The molecule has 0 aliphatic carbocycles. The summed E-state index contributed by atoms with van der Waals surface area (Å²) in [6, 6.07) is 13.1. The van der Waals surface area contributed by atoms with Gasteiger partial charge in [0.05, 0.1) is 23.3 Å². The third kappa shape index (κ3) is 4.01. The standard InChI is InChI=1S/C19H14N2O5S/c1-26-19(23)14(9-12-7-8-17(22)16(10-12)21(24)25)18-20-15(11-27-18)13-5-3-2-4-6-13/h2-11,22H,1H3/p-1/b14-9-. The van der Waals surface area contributed by atoms with E-state index in [9.17, 15) is 20.0 Å². The molecule has 136 valence electrons. The molecule has 0 atom stereocenters. The quantitative estimate of drug-likeness (QED) is 0.290. The largest absolute Gasteiger partial charge is 0.868 e. The van der Waals surface area contributed by atoms with E-state index < -0.39 is 22.3 Å². The zero-order valence-corrected chi connectivity index (χ0v) is 14.9. The Hall–Kier alpha value is -3.52. The van der Waals surface area contributed by atoms with Gasteiger partial charge < -0.3 is 9.84 Å². The summed E-state index contributed by atoms with van der Waals surface area (Å²) in [7, 11) is 1.24. The van der Waals surface area contributed by atoms with Crippen molar-refractivity contribution in [2.75, 3.05) is 7.11 Å². The van der Waals surface area contributed by atoms with Gasteiger partial charge in [0.1, 0.15) is 5.01 Å². The van der Waals surface area contributed by atoms with E-state index in [2.05, 4.69) is 4.98 Å². The summed E-state index contributed by atoms with van der Waals surface area (Å²) in [6.07, 6.45) is 1.42. The minimum Gasteiger partial charge on any atom is -0.868 e. The smallest absolute Gasteiger partial charge is 0.340 e. The molecular formula is C19H13N2O5S-. The summed E-state index contributed by atoms with van der Waals surface area (Å²) in [5.74, 6) is -1.32. The van der Waals surface area contributed by atoms with Crippen LogP contribution in [-0.2, 0) is 9.53 Å². The van der Waals surface area contributed by atoms with Gasteiger partial charge >= 0.3 is 5.97 Å². The Morgan fingerprint density at radius 2 is 1.96 bits per heavy atom. The first-order valence-electron chi connectivity index (χ1n) is 7.76. The molecule has 7 nitrogen and oxygen atoms in total. The molecule has 0 N–H and O–H groups in total. The van der Waals surface area contributed by atoms with Crippen molar-refractivity contribution < 1.29 is 19.6 Å². The van der Waals surface area contributed by atoms with E-state index in [1.165, 1.54) is 30.6 Å². The first-order chi connectivity index (χ1) is 13.0. The maximum atomic E-state index is 12.2. The van der Waals surface area contributed by atoms with E-state index in [4.69, 9.17) is 4.74 Å². The summed E-state index contributed by atoms with van der Waals surface area (Å²) in [5.41, 5.74) is 1.52. The highest BCUT2D eigenvalue weighted by Gasteiger charge is 2.18. The number of nitro benzene ring substituents is 1. The number of nitrogens with zero attached hydrogens (tertiary/aromatic N) is 2. The first kappa shape index (κ1) is 18.3. The lowest BCUT2D eigenvalue weighted by atomic mass is 10.1. The molecular weight excluding hydrogens is 368 g/mol. The van der Waals surface area contributed by atoms with Crippen molar-refractivity contribution in [1.82, 2.24) is 4.98 Å². The molecule has 0 saturated heterocycles. The SMILES string of the molecule is COC(=O)/C(=C\c1ccc([O-])c([N+](=O)[O-])c1)c1nc(-c2ccccc2)cs1. The lowest BCUT2D eigenvalue weighted by Crippen LogP contribution is -2.04. The van der Waals surface area contributed by atoms with Crippen LogP contribution in [0.3, 0.4) is 0 Å². The molecule has 8 heteroatoms. The van der Waals surface area contributed by atoms with Gasteiger partial charge in [-0.05, 0) is 17.4 Å². The number of ether oxygens (including phenoxy) is 1. The van der Waals surface area contributed by atoms with Gasteiger partial charge in [-0.15, -0.1) is 11.3 Å². The van der Waals surface area contributed by atoms with E-state index in [0.717, 1.165) is 17.7 Å². The highest BCUT2D eigenvalue weighted by Crippen LogP contribution is 2.30. The molecule has 0 unspecified atom stereocenters. The Kier molecular flexibility index (Phi) is 5.28. The van der Waals surface area contributed by atoms with Crippen LogP contribution in [0.25, 0.3) is 22.9 Å². The van der Waals surface area contributed by atoms with Gasteiger partial charge in [-0.2, -0.15) is 0 Å². The number of nitro groups is 1. The molecule has 0 radical (unpaired) electrons. The topological polar surface area (TPSA) is 105 Å². The van der Waals surface area contributed by atoms with Gasteiger partial charge in [-0.1, -0.05) is 42.5 Å². The van der Waals surface area contributed by atoms with Gasteiger partial charge in [0, 0.05) is 17.0 Å². The fraction of sp³-hybridized carbons (Fsp3) is 0.0526. The summed E-state index contributed by atoms with van der Waals surface area (Å²) in [4.78, 5) is 26.9. The monoisotopic (exact) mass is 381 g/mol. The minimum absolute atomic E-state index is 0.151. The lowest BCUT2D eigenvalue weighted by molar-refractivity contribution is -0.398. The van der Waals surface area contributed by atoms with Gasteiger partial charge in [0.2, 0.25) is 0 Å². The van der Waals surface area contributed by atoms with Gasteiger partial charge in [-0.3, -0.25) is 10.1 Å². The van der Waals surface area contributed by atoms with Crippen LogP contribution in [0.1, 0.15) is 10.6 Å². The van der Waals surface area contributed by atoms with Gasteiger partial charge in [0.25, 0.3) is 5.69 Å². The summed E-state index contributed by atoms with van der Waals surface area (Å²) in [6.45, 7) is 0. The van der Waals surface area contributed by atoms with Crippen LogP contribution in [0, 0.1) is 10.1 Å². The Labute approximate surface area is 158 Å². The third-order valence-electron chi connectivity index (χ3n) is 3.70. The van der Waals surface area contributed by atoms with Crippen LogP contribution < -0.4 is 5.11 Å².